The first-order valence-corrected chi connectivity index (χ1v) is 9.20. The Balaban J connectivity index is 2.32. The fraction of sp³-hybridized carbons (Fsp3) is 0.278. The van der Waals surface area contributed by atoms with Crippen molar-refractivity contribution in [1.29, 1.82) is 0 Å². The molecule has 0 bridgehead atoms. The third-order valence-corrected chi connectivity index (χ3v) is 4.76. The first-order valence-electron chi connectivity index (χ1n) is 7.71. The first kappa shape index (κ1) is 18.8. The summed E-state index contributed by atoms with van der Waals surface area (Å²) >= 11 is 0. The van der Waals surface area contributed by atoms with Crippen LogP contribution in [0.4, 0.5) is 5.69 Å². The van der Waals surface area contributed by atoms with Gasteiger partial charge in [0.1, 0.15) is 5.75 Å². The van der Waals surface area contributed by atoms with Gasteiger partial charge < -0.3 is 9.47 Å². The summed E-state index contributed by atoms with van der Waals surface area (Å²) < 4.78 is 37.9. The third-order valence-electron chi connectivity index (χ3n) is 3.38. The van der Waals surface area contributed by atoms with E-state index in [1.807, 2.05) is 13.8 Å². The van der Waals surface area contributed by atoms with Gasteiger partial charge in [0.15, 0.2) is 0 Å². The van der Waals surface area contributed by atoms with Gasteiger partial charge in [0.2, 0.25) is 0 Å². The number of sulfonamides is 1. The lowest BCUT2D eigenvalue weighted by molar-refractivity contribution is 0.0599. The van der Waals surface area contributed by atoms with E-state index in [4.69, 9.17) is 4.74 Å². The van der Waals surface area contributed by atoms with Crippen molar-refractivity contribution in [2.45, 2.75) is 31.8 Å². The number of rotatable bonds is 6. The number of carbonyl (C=O) groups excluding carboxylic acids is 1. The summed E-state index contributed by atoms with van der Waals surface area (Å²) in [6.45, 7) is 5.48. The van der Waals surface area contributed by atoms with Gasteiger partial charge >= 0.3 is 5.97 Å². The number of esters is 1. The summed E-state index contributed by atoms with van der Waals surface area (Å²) in [5.74, 6) is -0.0174. The van der Waals surface area contributed by atoms with E-state index in [0.717, 1.165) is 0 Å². The summed E-state index contributed by atoms with van der Waals surface area (Å²) in [7, 11) is -2.60. The van der Waals surface area contributed by atoms with Crippen molar-refractivity contribution in [3.05, 3.63) is 53.6 Å². The zero-order valence-corrected chi connectivity index (χ0v) is 15.4. The van der Waals surface area contributed by atoms with Crippen LogP contribution in [0.3, 0.4) is 0 Å². The van der Waals surface area contributed by atoms with Crippen molar-refractivity contribution in [3.8, 4) is 5.75 Å². The molecule has 0 amide bonds. The zero-order valence-electron chi connectivity index (χ0n) is 14.6. The molecule has 1 N–H and O–H groups in total. The smallest absolute Gasteiger partial charge is 0.338 e. The van der Waals surface area contributed by atoms with Crippen LogP contribution in [0.2, 0.25) is 0 Å². The molecule has 2 aromatic carbocycles. The van der Waals surface area contributed by atoms with E-state index in [2.05, 4.69) is 9.46 Å². The second kappa shape index (κ2) is 7.57. The number of ether oxygens (including phenoxy) is 2. The Hall–Kier alpha value is -2.54. The number of carbonyl (C=O) groups is 1. The Morgan fingerprint density at radius 2 is 1.84 bits per heavy atom. The Morgan fingerprint density at radius 1 is 1.12 bits per heavy atom. The molecular weight excluding hydrogens is 342 g/mol. The predicted molar refractivity (Wildman–Crippen MR) is 95.5 cm³/mol. The first-order chi connectivity index (χ1) is 11.7. The predicted octanol–water partition coefficient (Wildman–Crippen LogP) is 3.37. The number of hydrogen-bond acceptors (Lipinski definition) is 5. The molecule has 0 atom stereocenters. The zero-order chi connectivity index (χ0) is 18.6. The van der Waals surface area contributed by atoms with Crippen LogP contribution in [0.25, 0.3) is 0 Å². The van der Waals surface area contributed by atoms with Crippen molar-refractivity contribution in [3.63, 3.8) is 0 Å². The largest absolute Gasteiger partial charge is 0.491 e. The molecule has 0 radical (unpaired) electrons. The highest BCUT2D eigenvalue weighted by atomic mass is 32.2. The minimum atomic E-state index is -3.85. The van der Waals surface area contributed by atoms with Crippen molar-refractivity contribution in [2.24, 2.45) is 0 Å². The summed E-state index contributed by atoms with van der Waals surface area (Å²) in [6.07, 6.45) is -0.0217. The summed E-state index contributed by atoms with van der Waals surface area (Å²) in [4.78, 5) is 11.7. The lowest BCUT2D eigenvalue weighted by Crippen LogP contribution is -2.15. The average Bonchev–Trinajstić information content (AvgIpc) is 2.53. The van der Waals surface area contributed by atoms with Gasteiger partial charge in [0.05, 0.1) is 29.4 Å². The van der Waals surface area contributed by atoms with E-state index in [-0.39, 0.29) is 16.6 Å². The topological polar surface area (TPSA) is 81.7 Å². The highest BCUT2D eigenvalue weighted by Gasteiger charge is 2.19. The lowest BCUT2D eigenvalue weighted by Gasteiger charge is -2.13. The molecule has 0 aliphatic heterocycles. The van der Waals surface area contributed by atoms with E-state index >= 15 is 0 Å². The van der Waals surface area contributed by atoms with E-state index in [1.165, 1.54) is 19.2 Å². The third kappa shape index (κ3) is 4.73. The minimum Gasteiger partial charge on any atom is -0.491 e. The number of anilines is 1. The Kier molecular flexibility index (Phi) is 5.69. The van der Waals surface area contributed by atoms with Gasteiger partial charge in [-0.15, -0.1) is 0 Å². The highest BCUT2D eigenvalue weighted by molar-refractivity contribution is 7.92. The van der Waals surface area contributed by atoms with Gasteiger partial charge in [0.25, 0.3) is 10.0 Å². The Bertz CT molecular complexity index is 875. The second-order valence-corrected chi connectivity index (χ2v) is 7.45. The van der Waals surface area contributed by atoms with Gasteiger partial charge in [-0.25, -0.2) is 13.2 Å². The van der Waals surface area contributed by atoms with Gasteiger partial charge in [0, 0.05) is 6.07 Å². The number of aryl methyl sites for hydroxylation is 1. The van der Waals surface area contributed by atoms with Gasteiger partial charge in [-0.05, 0) is 50.6 Å². The molecule has 0 saturated heterocycles. The van der Waals surface area contributed by atoms with E-state index in [9.17, 15) is 13.2 Å². The van der Waals surface area contributed by atoms with Crippen molar-refractivity contribution in [2.75, 3.05) is 11.8 Å². The minimum absolute atomic E-state index is 0.0197. The molecule has 7 heteroatoms. The van der Waals surface area contributed by atoms with Gasteiger partial charge in [-0.3, -0.25) is 4.72 Å². The maximum absolute atomic E-state index is 12.6. The van der Waals surface area contributed by atoms with Crippen LogP contribution in [0.15, 0.2) is 47.4 Å². The summed E-state index contributed by atoms with van der Waals surface area (Å²) in [6, 6.07) is 11.0. The molecule has 0 aromatic heterocycles. The van der Waals surface area contributed by atoms with E-state index in [1.54, 1.807) is 37.3 Å². The van der Waals surface area contributed by atoms with Crippen molar-refractivity contribution < 1.29 is 22.7 Å². The Labute approximate surface area is 147 Å². The summed E-state index contributed by atoms with van der Waals surface area (Å²) in [5.41, 5.74) is 1.22. The molecule has 0 saturated carbocycles. The molecule has 0 heterocycles. The second-order valence-electron chi connectivity index (χ2n) is 5.77. The molecule has 0 unspecified atom stereocenters. The molecule has 0 spiro atoms. The maximum atomic E-state index is 12.6. The molecular formula is C18H21NO5S. The van der Waals surface area contributed by atoms with Gasteiger partial charge in [-0.1, -0.05) is 12.1 Å². The van der Waals surface area contributed by atoms with Crippen LogP contribution < -0.4 is 9.46 Å². The van der Waals surface area contributed by atoms with Crippen molar-refractivity contribution >= 4 is 21.7 Å². The molecule has 2 aromatic rings. The van der Waals surface area contributed by atoms with Crippen LogP contribution in [-0.2, 0) is 14.8 Å². The monoisotopic (exact) mass is 363 g/mol. The molecule has 134 valence electrons. The molecule has 25 heavy (non-hydrogen) atoms. The maximum Gasteiger partial charge on any atom is 0.338 e. The highest BCUT2D eigenvalue weighted by Crippen LogP contribution is 2.23. The average molecular weight is 363 g/mol. The molecule has 6 nitrogen and oxygen atoms in total. The lowest BCUT2D eigenvalue weighted by atomic mass is 10.1. The van der Waals surface area contributed by atoms with Crippen molar-refractivity contribution in [1.82, 2.24) is 0 Å². The fourth-order valence-electron chi connectivity index (χ4n) is 2.22. The number of hydrogen-bond donors (Lipinski definition) is 1. The Morgan fingerprint density at radius 3 is 2.48 bits per heavy atom. The molecule has 2 rings (SSSR count). The van der Waals surface area contributed by atoms with Crippen LogP contribution >= 0.6 is 0 Å². The quantitative estimate of drug-likeness (QED) is 0.796. The van der Waals surface area contributed by atoms with Crippen LogP contribution in [0, 0.1) is 6.92 Å². The van der Waals surface area contributed by atoms with Crippen LogP contribution in [-0.4, -0.2) is 27.6 Å². The molecule has 0 aliphatic carbocycles. The standard InChI is InChI=1S/C18H21NO5S/c1-12(2)24-15-7-5-6-14(10-15)19-25(21,22)16-9-8-13(3)17(11-16)18(20)23-4/h5-12,19H,1-4H3. The number of benzene rings is 2. The molecule has 0 aliphatic rings. The number of nitrogens with one attached hydrogen (secondary N) is 1. The van der Waals surface area contributed by atoms with E-state index in [0.29, 0.717) is 17.0 Å². The fourth-order valence-corrected chi connectivity index (χ4v) is 3.29. The normalized spacial score (nSPS) is 11.2. The SMILES string of the molecule is COC(=O)c1cc(S(=O)(=O)Nc2cccc(OC(C)C)c2)ccc1C. The van der Waals surface area contributed by atoms with Gasteiger partial charge in [-0.2, -0.15) is 0 Å². The molecule has 0 fully saturated rings. The van der Waals surface area contributed by atoms with E-state index < -0.39 is 16.0 Å². The van der Waals surface area contributed by atoms with Crippen LogP contribution in [0.5, 0.6) is 5.75 Å². The van der Waals surface area contributed by atoms with Crippen LogP contribution in [0.1, 0.15) is 29.8 Å². The number of methoxy groups -OCH3 is 1. The summed E-state index contributed by atoms with van der Waals surface area (Å²) in [5, 5.41) is 0.